The molecule has 0 atom stereocenters. The van der Waals surface area contributed by atoms with E-state index >= 15 is 0 Å². The molecule has 32 heavy (non-hydrogen) atoms. The number of hydrogen-bond donors (Lipinski definition) is 1. The first-order chi connectivity index (χ1) is 15.5. The van der Waals surface area contributed by atoms with E-state index in [0.717, 1.165) is 38.0 Å². The fourth-order valence-corrected chi connectivity index (χ4v) is 3.94. The van der Waals surface area contributed by atoms with E-state index in [1.54, 1.807) is 4.90 Å². The van der Waals surface area contributed by atoms with Crippen LogP contribution in [0.25, 0.3) is 0 Å². The number of rotatable bonds is 3. The van der Waals surface area contributed by atoms with E-state index in [9.17, 15) is 13.6 Å². The van der Waals surface area contributed by atoms with Gasteiger partial charge in [-0.2, -0.15) is 5.10 Å². The summed E-state index contributed by atoms with van der Waals surface area (Å²) < 4.78 is 33.0. The van der Waals surface area contributed by atoms with E-state index in [1.807, 2.05) is 7.11 Å². The smallest absolute Gasteiger partial charge is 0.409 e. The molecule has 1 saturated carbocycles. The number of carbonyl (C=O) groups is 1. The summed E-state index contributed by atoms with van der Waals surface area (Å²) in [5, 5.41) is 5.62. The standard InChI is InChI=1S/C13H18O.C7H13NO2.C4H4F2N2/c1-14-13-9-7-12(8-10-13)11-5-3-2-4-6-11;1-10-7(9)8-5-3-2-4-6-8;5-4(6)3-1-7-8-2-3/h2-6,12-13H,7-10H2,1H3;2-6H2,1H3;1-2,4H,(H,7,8). The number of nitrogens with zero attached hydrogens (tertiary/aromatic N) is 2. The van der Waals surface area contributed by atoms with Crippen molar-refractivity contribution in [2.24, 2.45) is 0 Å². The van der Waals surface area contributed by atoms with Gasteiger partial charge in [0, 0.05) is 26.4 Å². The quantitative estimate of drug-likeness (QED) is 0.627. The molecule has 8 heteroatoms. The molecule has 1 amide bonds. The van der Waals surface area contributed by atoms with Crippen LogP contribution >= 0.6 is 0 Å². The Morgan fingerprint density at radius 2 is 1.72 bits per heavy atom. The molecule has 2 fully saturated rings. The van der Waals surface area contributed by atoms with Crippen LogP contribution < -0.4 is 0 Å². The minimum Gasteiger partial charge on any atom is -0.453 e. The van der Waals surface area contributed by atoms with Crippen molar-refractivity contribution in [2.45, 2.75) is 63.4 Å². The number of amides is 1. The molecular formula is C24H35F2N3O3. The Balaban J connectivity index is 0.000000178. The summed E-state index contributed by atoms with van der Waals surface area (Å²) >= 11 is 0. The highest BCUT2D eigenvalue weighted by Crippen LogP contribution is 2.33. The largest absolute Gasteiger partial charge is 0.453 e. The average Bonchev–Trinajstić information content (AvgIpc) is 3.41. The van der Waals surface area contributed by atoms with Gasteiger partial charge in [-0.3, -0.25) is 5.10 Å². The van der Waals surface area contributed by atoms with Gasteiger partial charge >= 0.3 is 6.09 Å². The molecule has 1 aromatic heterocycles. The number of carbonyl (C=O) groups excluding carboxylic acids is 1. The Morgan fingerprint density at radius 3 is 2.19 bits per heavy atom. The van der Waals surface area contributed by atoms with Crippen LogP contribution in [0.4, 0.5) is 13.6 Å². The van der Waals surface area contributed by atoms with Crippen molar-refractivity contribution in [3.05, 3.63) is 53.9 Å². The number of alkyl halides is 2. The highest BCUT2D eigenvalue weighted by atomic mass is 19.3. The molecule has 2 aliphatic rings. The molecule has 0 radical (unpaired) electrons. The van der Waals surface area contributed by atoms with Crippen LogP contribution in [0.3, 0.4) is 0 Å². The second-order valence-electron chi connectivity index (χ2n) is 7.97. The van der Waals surface area contributed by atoms with E-state index < -0.39 is 6.43 Å². The zero-order valence-corrected chi connectivity index (χ0v) is 19.0. The number of nitrogens with one attached hydrogen (secondary N) is 1. The molecule has 2 aromatic rings. The lowest BCUT2D eigenvalue weighted by Gasteiger charge is -2.27. The van der Waals surface area contributed by atoms with Crippen molar-refractivity contribution in [2.75, 3.05) is 27.3 Å². The number of H-pyrrole nitrogens is 1. The summed E-state index contributed by atoms with van der Waals surface area (Å²) in [5.74, 6) is 0.766. The Morgan fingerprint density at radius 1 is 1.06 bits per heavy atom. The lowest BCUT2D eigenvalue weighted by Crippen LogP contribution is -2.35. The zero-order chi connectivity index (χ0) is 23.2. The molecule has 178 valence electrons. The van der Waals surface area contributed by atoms with Crippen molar-refractivity contribution in [3.63, 3.8) is 0 Å². The molecule has 1 aromatic carbocycles. The summed E-state index contributed by atoms with van der Waals surface area (Å²) in [6.45, 7) is 1.74. The molecule has 0 spiro atoms. The SMILES string of the molecule is COC(=O)N1CCCCC1.COC1CCC(c2ccccc2)CC1.FC(F)c1cn[nH]c1. The number of aromatic nitrogens is 2. The first kappa shape index (κ1) is 25.8. The van der Waals surface area contributed by atoms with Crippen LogP contribution in [-0.4, -0.2) is 54.6 Å². The van der Waals surface area contributed by atoms with Crippen LogP contribution in [0.5, 0.6) is 0 Å². The van der Waals surface area contributed by atoms with Gasteiger partial charge in [-0.05, 0) is 56.4 Å². The van der Waals surface area contributed by atoms with Crippen LogP contribution in [0.2, 0.25) is 0 Å². The molecule has 0 unspecified atom stereocenters. The number of aromatic amines is 1. The van der Waals surface area contributed by atoms with E-state index in [2.05, 4.69) is 45.3 Å². The number of likely N-dealkylation sites (tertiary alicyclic amines) is 1. The monoisotopic (exact) mass is 451 g/mol. The predicted octanol–water partition coefficient (Wildman–Crippen LogP) is 5.95. The maximum Gasteiger partial charge on any atom is 0.409 e. The Hall–Kier alpha value is -2.48. The van der Waals surface area contributed by atoms with Crippen molar-refractivity contribution >= 4 is 6.09 Å². The number of methoxy groups -OCH3 is 2. The van der Waals surface area contributed by atoms with Crippen LogP contribution in [-0.2, 0) is 9.47 Å². The summed E-state index contributed by atoms with van der Waals surface area (Å²) in [4.78, 5) is 12.6. The third-order valence-corrected chi connectivity index (χ3v) is 5.84. The molecule has 1 aliphatic heterocycles. The fraction of sp³-hybridized carbons (Fsp3) is 0.583. The fourth-order valence-electron chi connectivity index (χ4n) is 3.94. The van der Waals surface area contributed by atoms with Crippen LogP contribution in [0.1, 0.15) is 68.4 Å². The highest BCUT2D eigenvalue weighted by molar-refractivity contribution is 5.67. The van der Waals surface area contributed by atoms with E-state index in [4.69, 9.17) is 4.74 Å². The third-order valence-electron chi connectivity index (χ3n) is 5.84. The first-order valence-electron chi connectivity index (χ1n) is 11.2. The number of halogens is 2. The van der Waals surface area contributed by atoms with Gasteiger partial charge < -0.3 is 14.4 Å². The molecule has 0 bridgehead atoms. The maximum atomic E-state index is 11.5. The van der Waals surface area contributed by atoms with Crippen molar-refractivity contribution in [1.29, 1.82) is 0 Å². The van der Waals surface area contributed by atoms with E-state index in [0.29, 0.717) is 6.10 Å². The number of piperidine rings is 1. The summed E-state index contributed by atoms with van der Waals surface area (Å²) in [6.07, 6.45) is 8.67. The van der Waals surface area contributed by atoms with E-state index in [1.165, 1.54) is 51.0 Å². The topological polar surface area (TPSA) is 67.4 Å². The summed E-state index contributed by atoms with van der Waals surface area (Å²) in [5.41, 5.74) is 1.44. The normalized spacial score (nSPS) is 20.5. The Bertz CT molecular complexity index is 730. The van der Waals surface area contributed by atoms with Crippen molar-refractivity contribution in [1.82, 2.24) is 15.1 Å². The lowest BCUT2D eigenvalue weighted by molar-refractivity contribution is 0.0659. The molecule has 2 heterocycles. The molecular weight excluding hydrogens is 416 g/mol. The van der Waals surface area contributed by atoms with Gasteiger partial charge in [-0.1, -0.05) is 30.3 Å². The van der Waals surface area contributed by atoms with Crippen LogP contribution in [0.15, 0.2) is 42.7 Å². The van der Waals surface area contributed by atoms with Gasteiger partial charge in [-0.15, -0.1) is 0 Å². The van der Waals surface area contributed by atoms with Gasteiger partial charge in [0.15, 0.2) is 0 Å². The number of benzene rings is 1. The second-order valence-corrected chi connectivity index (χ2v) is 7.97. The average molecular weight is 452 g/mol. The lowest BCUT2D eigenvalue weighted by atomic mass is 9.83. The third kappa shape index (κ3) is 8.94. The molecule has 6 nitrogen and oxygen atoms in total. The maximum absolute atomic E-state index is 11.5. The first-order valence-corrected chi connectivity index (χ1v) is 11.2. The second kappa shape index (κ2) is 14.6. The van der Waals surface area contributed by atoms with Gasteiger partial charge in [0.25, 0.3) is 6.43 Å². The van der Waals surface area contributed by atoms with E-state index in [-0.39, 0.29) is 11.7 Å². The Kier molecular flexibility index (Phi) is 11.7. The zero-order valence-electron chi connectivity index (χ0n) is 19.0. The Labute approximate surface area is 189 Å². The molecule has 1 N–H and O–H groups in total. The molecule has 1 saturated heterocycles. The van der Waals surface area contributed by atoms with Gasteiger partial charge in [0.2, 0.25) is 0 Å². The van der Waals surface area contributed by atoms with Gasteiger partial charge in [0.05, 0.1) is 25.0 Å². The summed E-state index contributed by atoms with van der Waals surface area (Å²) in [7, 11) is 3.25. The van der Waals surface area contributed by atoms with Gasteiger partial charge in [-0.25, -0.2) is 13.6 Å². The van der Waals surface area contributed by atoms with Gasteiger partial charge in [0.1, 0.15) is 0 Å². The van der Waals surface area contributed by atoms with Crippen LogP contribution in [0, 0.1) is 0 Å². The molecule has 1 aliphatic carbocycles. The van der Waals surface area contributed by atoms with Crippen molar-refractivity contribution in [3.8, 4) is 0 Å². The molecule has 4 rings (SSSR count). The van der Waals surface area contributed by atoms with Crippen molar-refractivity contribution < 1.29 is 23.0 Å². The summed E-state index contributed by atoms with van der Waals surface area (Å²) in [6, 6.07) is 10.9. The predicted molar refractivity (Wildman–Crippen MR) is 120 cm³/mol. The highest BCUT2D eigenvalue weighted by Gasteiger charge is 2.21. The minimum absolute atomic E-state index is 0.0648. The number of hydrogen-bond acceptors (Lipinski definition) is 4. The number of ether oxygens (including phenoxy) is 2. The minimum atomic E-state index is -2.41.